The number of nitrogens with zero attached hydrogens (tertiary/aromatic N) is 2. The molecule has 82 valence electrons. The van der Waals surface area contributed by atoms with Gasteiger partial charge in [0.2, 0.25) is 0 Å². The highest BCUT2D eigenvalue weighted by atomic mass is 79.9. The molecule has 3 nitrogen and oxygen atoms in total. The maximum atomic E-state index is 4.15. The Morgan fingerprint density at radius 1 is 1.19 bits per heavy atom. The molecule has 0 saturated heterocycles. The van der Waals surface area contributed by atoms with Crippen LogP contribution in [-0.2, 0) is 0 Å². The minimum Gasteiger partial charge on any atom is -0.363 e. The smallest absolute Gasteiger partial charge is 0.130 e. The molecule has 0 aliphatic carbocycles. The third kappa shape index (κ3) is 2.79. The van der Waals surface area contributed by atoms with Crippen molar-refractivity contribution in [2.45, 2.75) is 13.0 Å². The number of nitrogens with one attached hydrogen (secondary N) is 1. The molecule has 2 aromatic rings. The highest BCUT2D eigenvalue weighted by Crippen LogP contribution is 2.18. The minimum atomic E-state index is 0.225. The van der Waals surface area contributed by atoms with Crippen molar-refractivity contribution in [3.8, 4) is 0 Å². The first-order valence-corrected chi connectivity index (χ1v) is 5.84. The van der Waals surface area contributed by atoms with Gasteiger partial charge in [-0.2, -0.15) is 0 Å². The molecule has 16 heavy (non-hydrogen) atoms. The standard InChI is InChI=1S/C12H12BrN3/c1-9(10-5-3-2-4-6-10)16-12-7-11(13)14-8-15-12/h2-9H,1H3,(H,14,15,16). The average Bonchev–Trinajstić information content (AvgIpc) is 2.30. The number of rotatable bonds is 3. The third-order valence-corrected chi connectivity index (χ3v) is 2.73. The zero-order chi connectivity index (χ0) is 11.4. The van der Waals surface area contributed by atoms with Gasteiger partial charge in [-0.1, -0.05) is 30.3 Å². The lowest BCUT2D eigenvalue weighted by molar-refractivity contribution is 0.871. The second-order valence-electron chi connectivity index (χ2n) is 3.50. The summed E-state index contributed by atoms with van der Waals surface area (Å²) in [4.78, 5) is 8.14. The summed E-state index contributed by atoms with van der Waals surface area (Å²) in [6, 6.07) is 12.3. The lowest BCUT2D eigenvalue weighted by atomic mass is 10.1. The van der Waals surface area contributed by atoms with Crippen LogP contribution < -0.4 is 5.32 Å². The number of aromatic nitrogens is 2. The molecule has 1 aromatic carbocycles. The van der Waals surface area contributed by atoms with Gasteiger partial charge in [0.1, 0.15) is 16.7 Å². The van der Waals surface area contributed by atoms with Crippen LogP contribution >= 0.6 is 15.9 Å². The number of anilines is 1. The molecule has 0 radical (unpaired) electrons. The van der Waals surface area contributed by atoms with E-state index in [4.69, 9.17) is 0 Å². The van der Waals surface area contributed by atoms with Crippen molar-refractivity contribution in [3.05, 3.63) is 52.9 Å². The molecular weight excluding hydrogens is 266 g/mol. The van der Waals surface area contributed by atoms with E-state index in [-0.39, 0.29) is 6.04 Å². The number of hydrogen-bond donors (Lipinski definition) is 1. The molecule has 2 rings (SSSR count). The molecule has 0 saturated carbocycles. The topological polar surface area (TPSA) is 37.8 Å². The Morgan fingerprint density at radius 3 is 2.62 bits per heavy atom. The van der Waals surface area contributed by atoms with Gasteiger partial charge in [-0.25, -0.2) is 9.97 Å². The normalized spacial score (nSPS) is 12.1. The van der Waals surface area contributed by atoms with Gasteiger partial charge in [-0.3, -0.25) is 0 Å². The maximum absolute atomic E-state index is 4.15. The summed E-state index contributed by atoms with van der Waals surface area (Å²) in [5.41, 5.74) is 1.23. The highest BCUT2D eigenvalue weighted by molar-refractivity contribution is 9.10. The van der Waals surface area contributed by atoms with E-state index in [1.807, 2.05) is 24.3 Å². The first kappa shape index (κ1) is 11.1. The second kappa shape index (κ2) is 5.07. The second-order valence-corrected chi connectivity index (χ2v) is 4.32. The van der Waals surface area contributed by atoms with Crippen molar-refractivity contribution in [1.29, 1.82) is 0 Å². The molecule has 0 amide bonds. The Morgan fingerprint density at radius 2 is 1.94 bits per heavy atom. The maximum Gasteiger partial charge on any atom is 0.130 e. The average molecular weight is 278 g/mol. The number of hydrogen-bond acceptors (Lipinski definition) is 3. The van der Waals surface area contributed by atoms with Gasteiger partial charge in [-0.15, -0.1) is 0 Å². The third-order valence-electron chi connectivity index (χ3n) is 2.30. The van der Waals surface area contributed by atoms with E-state index in [0.717, 1.165) is 10.4 Å². The molecular formula is C12H12BrN3. The van der Waals surface area contributed by atoms with Gasteiger partial charge in [0.05, 0.1) is 0 Å². The molecule has 0 bridgehead atoms. The van der Waals surface area contributed by atoms with Gasteiger partial charge >= 0.3 is 0 Å². The van der Waals surface area contributed by atoms with Crippen molar-refractivity contribution >= 4 is 21.7 Å². The van der Waals surface area contributed by atoms with Crippen LogP contribution in [0.25, 0.3) is 0 Å². The quantitative estimate of drug-likeness (QED) is 0.874. The van der Waals surface area contributed by atoms with E-state index in [1.54, 1.807) is 0 Å². The lowest BCUT2D eigenvalue weighted by Gasteiger charge is -2.14. The summed E-state index contributed by atoms with van der Waals surface area (Å²) < 4.78 is 0.783. The Labute approximate surface area is 103 Å². The molecule has 0 spiro atoms. The Hall–Kier alpha value is -1.42. The summed E-state index contributed by atoms with van der Waals surface area (Å²) in [6.45, 7) is 2.10. The summed E-state index contributed by atoms with van der Waals surface area (Å²) in [6.07, 6.45) is 1.53. The van der Waals surface area contributed by atoms with Gasteiger partial charge in [0, 0.05) is 12.1 Å². The minimum absolute atomic E-state index is 0.225. The lowest BCUT2D eigenvalue weighted by Crippen LogP contribution is -2.07. The van der Waals surface area contributed by atoms with Gasteiger partial charge in [0.15, 0.2) is 0 Å². The van der Waals surface area contributed by atoms with E-state index < -0.39 is 0 Å². The van der Waals surface area contributed by atoms with E-state index in [1.165, 1.54) is 11.9 Å². The largest absolute Gasteiger partial charge is 0.363 e. The Kier molecular flexibility index (Phi) is 3.51. The van der Waals surface area contributed by atoms with Gasteiger partial charge in [0.25, 0.3) is 0 Å². The van der Waals surface area contributed by atoms with Crippen molar-refractivity contribution in [2.24, 2.45) is 0 Å². The van der Waals surface area contributed by atoms with Crippen molar-refractivity contribution in [3.63, 3.8) is 0 Å². The fraction of sp³-hybridized carbons (Fsp3) is 0.167. The zero-order valence-electron chi connectivity index (χ0n) is 8.89. The van der Waals surface area contributed by atoms with Crippen LogP contribution in [-0.4, -0.2) is 9.97 Å². The zero-order valence-corrected chi connectivity index (χ0v) is 10.5. The van der Waals surface area contributed by atoms with Crippen LogP contribution in [0.5, 0.6) is 0 Å². The summed E-state index contributed by atoms with van der Waals surface area (Å²) in [5, 5.41) is 3.32. The summed E-state index contributed by atoms with van der Waals surface area (Å²) in [5.74, 6) is 0.818. The molecule has 1 N–H and O–H groups in total. The summed E-state index contributed by atoms with van der Waals surface area (Å²) in [7, 11) is 0. The van der Waals surface area contributed by atoms with E-state index in [0.29, 0.717) is 0 Å². The first-order valence-electron chi connectivity index (χ1n) is 5.05. The monoisotopic (exact) mass is 277 g/mol. The summed E-state index contributed by atoms with van der Waals surface area (Å²) >= 11 is 3.32. The van der Waals surface area contributed by atoms with Gasteiger partial charge in [-0.05, 0) is 28.4 Å². The van der Waals surface area contributed by atoms with E-state index in [2.05, 4.69) is 50.3 Å². The van der Waals surface area contributed by atoms with Crippen LogP contribution in [0.15, 0.2) is 47.3 Å². The predicted molar refractivity (Wildman–Crippen MR) is 68.2 cm³/mol. The molecule has 4 heteroatoms. The molecule has 0 fully saturated rings. The SMILES string of the molecule is CC(Nc1cc(Br)ncn1)c1ccccc1. The van der Waals surface area contributed by atoms with E-state index in [9.17, 15) is 0 Å². The fourth-order valence-electron chi connectivity index (χ4n) is 1.46. The number of halogens is 1. The predicted octanol–water partition coefficient (Wildman–Crippen LogP) is 3.41. The van der Waals surface area contributed by atoms with Crippen molar-refractivity contribution in [2.75, 3.05) is 5.32 Å². The molecule has 1 atom stereocenters. The van der Waals surface area contributed by atoms with Crippen molar-refractivity contribution < 1.29 is 0 Å². The van der Waals surface area contributed by atoms with Crippen LogP contribution in [0.2, 0.25) is 0 Å². The molecule has 0 aliphatic heterocycles. The molecule has 1 aromatic heterocycles. The fourth-order valence-corrected chi connectivity index (χ4v) is 1.77. The Bertz CT molecular complexity index is 459. The van der Waals surface area contributed by atoms with E-state index >= 15 is 0 Å². The van der Waals surface area contributed by atoms with Crippen LogP contribution in [0.1, 0.15) is 18.5 Å². The van der Waals surface area contributed by atoms with Crippen LogP contribution in [0.4, 0.5) is 5.82 Å². The van der Waals surface area contributed by atoms with Crippen molar-refractivity contribution in [1.82, 2.24) is 9.97 Å². The van der Waals surface area contributed by atoms with Gasteiger partial charge < -0.3 is 5.32 Å². The van der Waals surface area contributed by atoms with Crippen LogP contribution in [0, 0.1) is 0 Å². The molecule has 1 heterocycles. The van der Waals surface area contributed by atoms with Crippen LogP contribution in [0.3, 0.4) is 0 Å². The number of benzene rings is 1. The first-order chi connectivity index (χ1) is 7.75. The molecule has 1 unspecified atom stereocenters. The Balaban J connectivity index is 2.11. The highest BCUT2D eigenvalue weighted by Gasteiger charge is 2.05. The molecule has 0 aliphatic rings.